The van der Waals surface area contributed by atoms with Crippen LogP contribution in [-0.2, 0) is 11.8 Å². The Hall–Kier alpha value is -1.50. The van der Waals surface area contributed by atoms with E-state index in [1.807, 2.05) is 0 Å². The van der Waals surface area contributed by atoms with E-state index < -0.39 is 0 Å². The molecule has 1 saturated heterocycles. The molecule has 76 valence electrons. The van der Waals surface area contributed by atoms with Crippen LogP contribution in [0.3, 0.4) is 0 Å². The van der Waals surface area contributed by atoms with Gasteiger partial charge in [-0.25, -0.2) is 0 Å². The van der Waals surface area contributed by atoms with E-state index in [0.717, 1.165) is 19.5 Å². The lowest BCUT2D eigenvalue weighted by Gasteiger charge is -2.05. The van der Waals surface area contributed by atoms with Crippen LogP contribution < -0.4 is 10.6 Å². The lowest BCUT2D eigenvalue weighted by molar-refractivity contribution is -0.119. The monoisotopic (exact) mass is 196 g/mol. The zero-order valence-corrected chi connectivity index (χ0v) is 7.90. The molecule has 0 aliphatic carbocycles. The van der Waals surface area contributed by atoms with Crippen molar-refractivity contribution in [2.24, 2.45) is 13.0 Å². The van der Waals surface area contributed by atoms with E-state index in [2.05, 4.69) is 26.0 Å². The average Bonchev–Trinajstić information content (AvgIpc) is 2.75. The molecule has 1 aliphatic heterocycles. The Morgan fingerprint density at radius 3 is 3.14 bits per heavy atom. The molecule has 2 N–H and O–H groups in total. The Kier molecular flexibility index (Phi) is 2.40. The molecule has 1 aromatic heterocycles. The number of aryl methyl sites for hydroxylation is 1. The van der Waals surface area contributed by atoms with Crippen molar-refractivity contribution in [2.45, 2.75) is 6.42 Å². The Morgan fingerprint density at radius 1 is 1.71 bits per heavy atom. The van der Waals surface area contributed by atoms with Crippen molar-refractivity contribution in [3.63, 3.8) is 0 Å². The summed E-state index contributed by atoms with van der Waals surface area (Å²) in [6.45, 7) is 1.62. The van der Waals surface area contributed by atoms with Crippen LogP contribution >= 0.6 is 0 Å². The molecule has 1 aromatic rings. The van der Waals surface area contributed by atoms with Crippen molar-refractivity contribution in [2.75, 3.05) is 18.4 Å². The van der Waals surface area contributed by atoms with Gasteiger partial charge >= 0.3 is 0 Å². The van der Waals surface area contributed by atoms with E-state index in [1.54, 1.807) is 7.05 Å². The third kappa shape index (κ3) is 1.87. The lowest BCUT2D eigenvalue weighted by atomic mass is 10.1. The molecule has 7 nitrogen and oxygen atoms in total. The molecule has 1 amide bonds. The predicted octanol–water partition coefficient (Wildman–Crippen LogP) is -1.24. The van der Waals surface area contributed by atoms with Gasteiger partial charge in [-0.2, -0.15) is 4.80 Å². The Balaban J connectivity index is 1.93. The van der Waals surface area contributed by atoms with Crippen LogP contribution in [0.5, 0.6) is 0 Å². The largest absolute Gasteiger partial charge is 0.316 e. The minimum absolute atomic E-state index is 0.0267. The van der Waals surface area contributed by atoms with Crippen LogP contribution in [0.2, 0.25) is 0 Å². The summed E-state index contributed by atoms with van der Waals surface area (Å²) >= 11 is 0. The number of tetrazole rings is 1. The van der Waals surface area contributed by atoms with E-state index in [0.29, 0.717) is 0 Å². The fourth-order valence-electron chi connectivity index (χ4n) is 1.42. The second-order valence-electron chi connectivity index (χ2n) is 3.28. The molecule has 1 unspecified atom stereocenters. The van der Waals surface area contributed by atoms with Crippen LogP contribution in [-0.4, -0.2) is 39.2 Å². The van der Waals surface area contributed by atoms with E-state index in [-0.39, 0.29) is 17.8 Å². The number of carbonyl (C=O) groups is 1. The molecule has 2 rings (SSSR count). The van der Waals surface area contributed by atoms with Gasteiger partial charge in [-0.05, 0) is 18.2 Å². The van der Waals surface area contributed by atoms with Gasteiger partial charge < -0.3 is 5.32 Å². The third-order valence-electron chi connectivity index (χ3n) is 2.17. The van der Waals surface area contributed by atoms with E-state index >= 15 is 0 Å². The predicted molar refractivity (Wildman–Crippen MR) is 48.4 cm³/mol. The van der Waals surface area contributed by atoms with E-state index in [9.17, 15) is 4.79 Å². The number of hydrogen-bond donors (Lipinski definition) is 2. The first-order chi connectivity index (χ1) is 6.75. The molecule has 14 heavy (non-hydrogen) atoms. The van der Waals surface area contributed by atoms with Gasteiger partial charge in [0.15, 0.2) is 0 Å². The number of nitrogens with zero attached hydrogens (tertiary/aromatic N) is 4. The minimum atomic E-state index is -0.0389. The molecule has 1 aliphatic rings. The summed E-state index contributed by atoms with van der Waals surface area (Å²) in [4.78, 5) is 12.9. The first-order valence-corrected chi connectivity index (χ1v) is 4.51. The molecule has 0 spiro atoms. The zero-order chi connectivity index (χ0) is 9.97. The molecular weight excluding hydrogens is 184 g/mol. The number of nitrogens with one attached hydrogen (secondary N) is 2. The van der Waals surface area contributed by atoms with Gasteiger partial charge in [-0.15, -0.1) is 5.10 Å². The van der Waals surface area contributed by atoms with Crippen molar-refractivity contribution in [3.8, 4) is 0 Å². The second kappa shape index (κ2) is 3.70. The number of rotatable bonds is 2. The van der Waals surface area contributed by atoms with Crippen molar-refractivity contribution in [3.05, 3.63) is 0 Å². The standard InChI is InChI=1S/C7H12N6O/c1-13-11-7(10-12-13)9-6(14)5-2-3-8-4-5/h5,8H,2-4H2,1H3,(H,9,11,14). The van der Waals surface area contributed by atoms with Crippen LogP contribution in [0.4, 0.5) is 5.95 Å². The quantitative estimate of drug-likeness (QED) is 0.618. The Labute approximate surface area is 80.9 Å². The molecule has 0 bridgehead atoms. The molecule has 1 atom stereocenters. The first kappa shape index (κ1) is 9.07. The zero-order valence-electron chi connectivity index (χ0n) is 7.90. The fraction of sp³-hybridized carbons (Fsp3) is 0.714. The van der Waals surface area contributed by atoms with Gasteiger partial charge in [-0.3, -0.25) is 10.1 Å². The van der Waals surface area contributed by atoms with Gasteiger partial charge in [0, 0.05) is 6.54 Å². The highest BCUT2D eigenvalue weighted by Crippen LogP contribution is 2.09. The number of amides is 1. The van der Waals surface area contributed by atoms with E-state index in [1.165, 1.54) is 4.80 Å². The molecule has 0 saturated carbocycles. The maximum Gasteiger partial charge on any atom is 0.270 e. The molecular formula is C7H12N6O. The maximum atomic E-state index is 11.6. The highest BCUT2D eigenvalue weighted by atomic mass is 16.2. The number of aromatic nitrogens is 4. The highest BCUT2D eigenvalue weighted by Gasteiger charge is 2.23. The van der Waals surface area contributed by atoms with Gasteiger partial charge in [0.1, 0.15) is 0 Å². The van der Waals surface area contributed by atoms with Gasteiger partial charge in [0.05, 0.1) is 13.0 Å². The van der Waals surface area contributed by atoms with Crippen molar-refractivity contribution < 1.29 is 4.79 Å². The summed E-state index contributed by atoms with van der Waals surface area (Å²) in [6, 6.07) is 0. The summed E-state index contributed by atoms with van der Waals surface area (Å²) in [7, 11) is 1.65. The first-order valence-electron chi connectivity index (χ1n) is 4.51. The summed E-state index contributed by atoms with van der Waals surface area (Å²) in [6.07, 6.45) is 0.867. The molecule has 2 heterocycles. The van der Waals surface area contributed by atoms with Crippen LogP contribution in [0.15, 0.2) is 0 Å². The van der Waals surface area contributed by atoms with Crippen LogP contribution in [0.25, 0.3) is 0 Å². The molecule has 7 heteroatoms. The Morgan fingerprint density at radius 2 is 2.57 bits per heavy atom. The highest BCUT2D eigenvalue weighted by molar-refractivity contribution is 5.91. The molecule has 1 fully saturated rings. The topological polar surface area (TPSA) is 84.7 Å². The number of hydrogen-bond acceptors (Lipinski definition) is 5. The minimum Gasteiger partial charge on any atom is -0.316 e. The summed E-state index contributed by atoms with van der Waals surface area (Å²) in [5.41, 5.74) is 0. The van der Waals surface area contributed by atoms with E-state index in [4.69, 9.17) is 0 Å². The maximum absolute atomic E-state index is 11.6. The number of anilines is 1. The van der Waals surface area contributed by atoms with Gasteiger partial charge in [-0.1, -0.05) is 5.10 Å². The lowest BCUT2D eigenvalue weighted by Crippen LogP contribution is -2.25. The normalized spacial score (nSPS) is 21.1. The van der Waals surface area contributed by atoms with Gasteiger partial charge in [0.25, 0.3) is 5.95 Å². The van der Waals surface area contributed by atoms with Crippen LogP contribution in [0, 0.1) is 5.92 Å². The van der Waals surface area contributed by atoms with Crippen molar-refractivity contribution in [1.82, 2.24) is 25.5 Å². The molecule has 0 aromatic carbocycles. The smallest absolute Gasteiger partial charge is 0.270 e. The summed E-state index contributed by atoms with van der Waals surface area (Å²) < 4.78 is 0. The fourth-order valence-corrected chi connectivity index (χ4v) is 1.42. The second-order valence-corrected chi connectivity index (χ2v) is 3.28. The number of carbonyl (C=O) groups excluding carboxylic acids is 1. The van der Waals surface area contributed by atoms with Crippen molar-refractivity contribution in [1.29, 1.82) is 0 Å². The van der Waals surface area contributed by atoms with Crippen molar-refractivity contribution >= 4 is 11.9 Å². The van der Waals surface area contributed by atoms with Gasteiger partial charge in [0.2, 0.25) is 5.91 Å². The summed E-state index contributed by atoms with van der Waals surface area (Å²) in [5, 5.41) is 16.9. The SMILES string of the molecule is Cn1nnc(NC(=O)C2CCNC2)n1. The Bertz CT molecular complexity index is 329. The summed E-state index contributed by atoms with van der Waals surface area (Å²) in [5.74, 6) is 0.256. The molecule has 0 radical (unpaired) electrons. The van der Waals surface area contributed by atoms with Crippen LogP contribution in [0.1, 0.15) is 6.42 Å². The third-order valence-corrected chi connectivity index (χ3v) is 2.17. The average molecular weight is 196 g/mol.